The Morgan fingerprint density at radius 3 is 2.02 bits per heavy atom. The molecule has 0 aliphatic rings. The number of aliphatic hydroxyl groups is 1. The van der Waals surface area contributed by atoms with E-state index in [1.165, 1.54) is 12.1 Å². The molecular formula is C32H41F4N3O8. The van der Waals surface area contributed by atoms with Crippen molar-refractivity contribution in [2.75, 3.05) is 18.5 Å². The number of amides is 3. The van der Waals surface area contributed by atoms with Gasteiger partial charge < -0.3 is 35.3 Å². The molecule has 0 saturated carbocycles. The van der Waals surface area contributed by atoms with Gasteiger partial charge in [-0.15, -0.1) is 0 Å². The standard InChI is InChI=1S/C32H41F4N3O8/c1-7-8-13-45-19-11-9-18(10-12-19)37-30(43)31(44)39-27(17(2)3)29(42)38-22(15-24(41)47-32(4,5)6)23(40)16-46-28-25(35)20(33)14-21(34)26(28)36/h9-12,14,17,22-23,27,40H,7-8,13,15-16H2,1-6H3,(H,37,43)(H,38,42)(H,39,44)/t22?,23?,27-/m0/s1. The number of esters is 1. The predicted molar refractivity (Wildman–Crippen MR) is 162 cm³/mol. The second-order valence-corrected chi connectivity index (χ2v) is 12.0. The van der Waals surface area contributed by atoms with E-state index in [0.29, 0.717) is 12.4 Å². The fourth-order valence-corrected chi connectivity index (χ4v) is 3.98. The summed E-state index contributed by atoms with van der Waals surface area (Å²) in [7, 11) is 0. The van der Waals surface area contributed by atoms with Gasteiger partial charge in [-0.25, -0.2) is 8.78 Å². The number of carbonyl (C=O) groups excluding carboxylic acids is 4. The normalized spacial score (nSPS) is 13.3. The van der Waals surface area contributed by atoms with Gasteiger partial charge in [0.1, 0.15) is 30.1 Å². The SMILES string of the molecule is CCCCOc1ccc(NC(=O)C(=O)N[C@H](C(=O)NC(CC(=O)OC(C)(C)C)C(O)COc2c(F)c(F)cc(F)c2F)C(C)C)cc1. The van der Waals surface area contributed by atoms with Crippen molar-refractivity contribution in [1.29, 1.82) is 0 Å². The van der Waals surface area contributed by atoms with Crippen LogP contribution in [0.5, 0.6) is 11.5 Å². The van der Waals surface area contributed by atoms with Gasteiger partial charge in [-0.1, -0.05) is 27.2 Å². The van der Waals surface area contributed by atoms with Crippen LogP contribution in [0.2, 0.25) is 0 Å². The van der Waals surface area contributed by atoms with Crippen LogP contribution in [-0.2, 0) is 23.9 Å². The monoisotopic (exact) mass is 671 g/mol. The molecular weight excluding hydrogens is 630 g/mol. The molecule has 0 radical (unpaired) electrons. The summed E-state index contributed by atoms with van der Waals surface area (Å²) < 4.78 is 71.0. The molecule has 3 atom stereocenters. The van der Waals surface area contributed by atoms with Gasteiger partial charge in [-0.2, -0.15) is 8.78 Å². The minimum atomic E-state index is -1.89. The van der Waals surface area contributed by atoms with E-state index in [-0.39, 0.29) is 11.8 Å². The Hall–Kier alpha value is -4.40. The Balaban J connectivity index is 2.16. The van der Waals surface area contributed by atoms with Crippen molar-refractivity contribution in [2.24, 2.45) is 5.92 Å². The molecule has 0 saturated heterocycles. The maximum absolute atomic E-state index is 14.1. The van der Waals surface area contributed by atoms with Crippen LogP contribution in [0.25, 0.3) is 0 Å². The molecule has 2 unspecified atom stereocenters. The van der Waals surface area contributed by atoms with Crippen molar-refractivity contribution in [3.05, 3.63) is 53.6 Å². The Morgan fingerprint density at radius 2 is 1.49 bits per heavy atom. The van der Waals surface area contributed by atoms with Crippen LogP contribution in [0, 0.1) is 29.2 Å². The molecule has 0 spiro atoms. The van der Waals surface area contributed by atoms with E-state index in [9.17, 15) is 41.8 Å². The average Bonchev–Trinajstić information content (AvgIpc) is 2.98. The van der Waals surface area contributed by atoms with Crippen LogP contribution in [0.1, 0.15) is 60.8 Å². The largest absolute Gasteiger partial charge is 0.494 e. The lowest BCUT2D eigenvalue weighted by molar-refractivity contribution is -0.156. The number of rotatable bonds is 15. The fourth-order valence-electron chi connectivity index (χ4n) is 3.98. The Bertz CT molecular complexity index is 1370. The van der Waals surface area contributed by atoms with Gasteiger partial charge in [0, 0.05) is 11.8 Å². The van der Waals surface area contributed by atoms with Crippen LogP contribution in [0.3, 0.4) is 0 Å². The molecule has 11 nitrogen and oxygen atoms in total. The number of benzene rings is 2. The summed E-state index contributed by atoms with van der Waals surface area (Å²) in [6.45, 7) is 9.30. The van der Waals surface area contributed by atoms with Gasteiger partial charge in [0.15, 0.2) is 17.4 Å². The van der Waals surface area contributed by atoms with Crippen molar-refractivity contribution >= 4 is 29.4 Å². The van der Waals surface area contributed by atoms with Gasteiger partial charge >= 0.3 is 17.8 Å². The lowest BCUT2D eigenvalue weighted by Crippen LogP contribution is -2.57. The first-order valence-corrected chi connectivity index (χ1v) is 14.9. The molecule has 2 aromatic carbocycles. The Kier molecular flexibility index (Phi) is 14.4. The van der Waals surface area contributed by atoms with Crippen molar-refractivity contribution in [3.8, 4) is 11.5 Å². The molecule has 0 aliphatic heterocycles. The maximum atomic E-state index is 14.1. The second kappa shape index (κ2) is 17.5. The third kappa shape index (κ3) is 12.4. The molecule has 0 aromatic heterocycles. The van der Waals surface area contributed by atoms with E-state index in [1.54, 1.807) is 46.8 Å². The van der Waals surface area contributed by atoms with Crippen molar-refractivity contribution in [3.63, 3.8) is 0 Å². The highest BCUT2D eigenvalue weighted by Gasteiger charge is 2.33. The smallest absolute Gasteiger partial charge is 0.313 e. The van der Waals surface area contributed by atoms with Crippen LogP contribution < -0.4 is 25.4 Å². The topological polar surface area (TPSA) is 152 Å². The van der Waals surface area contributed by atoms with Crippen molar-refractivity contribution < 1.29 is 56.1 Å². The van der Waals surface area contributed by atoms with Gasteiger partial charge in [0.25, 0.3) is 0 Å². The Morgan fingerprint density at radius 1 is 0.894 bits per heavy atom. The van der Waals surface area contributed by atoms with E-state index in [0.717, 1.165) is 12.8 Å². The summed E-state index contributed by atoms with van der Waals surface area (Å²) in [5.41, 5.74) is -0.687. The van der Waals surface area contributed by atoms with Crippen LogP contribution in [0.15, 0.2) is 30.3 Å². The van der Waals surface area contributed by atoms with Gasteiger partial charge in [-0.3, -0.25) is 19.2 Å². The molecule has 15 heteroatoms. The molecule has 0 aliphatic carbocycles. The first kappa shape index (κ1) is 38.8. The first-order chi connectivity index (χ1) is 21.9. The number of halogens is 4. The number of nitrogens with one attached hydrogen (secondary N) is 3. The second-order valence-electron chi connectivity index (χ2n) is 12.0. The van der Waals surface area contributed by atoms with Crippen molar-refractivity contribution in [1.82, 2.24) is 10.6 Å². The molecule has 47 heavy (non-hydrogen) atoms. The molecule has 4 N–H and O–H groups in total. The summed E-state index contributed by atoms with van der Waals surface area (Å²) in [5, 5.41) is 17.8. The molecule has 3 amide bonds. The van der Waals surface area contributed by atoms with E-state index in [4.69, 9.17) is 14.2 Å². The quantitative estimate of drug-likeness (QED) is 0.0725. The molecule has 2 rings (SSSR count). The highest BCUT2D eigenvalue weighted by molar-refractivity contribution is 6.40. The molecule has 0 bridgehead atoms. The maximum Gasteiger partial charge on any atom is 0.313 e. The first-order valence-electron chi connectivity index (χ1n) is 14.9. The predicted octanol–water partition coefficient (Wildman–Crippen LogP) is 4.16. The number of hydrogen-bond donors (Lipinski definition) is 4. The van der Waals surface area contributed by atoms with E-state index in [2.05, 4.69) is 16.0 Å². The minimum absolute atomic E-state index is 0.0275. The highest BCUT2D eigenvalue weighted by Crippen LogP contribution is 2.27. The third-order valence-corrected chi connectivity index (χ3v) is 6.39. The lowest BCUT2D eigenvalue weighted by atomic mass is 10.0. The lowest BCUT2D eigenvalue weighted by Gasteiger charge is -2.29. The number of aliphatic hydroxyl groups excluding tert-OH is 1. The summed E-state index contributed by atoms with van der Waals surface area (Å²) in [6.07, 6.45) is -0.752. The van der Waals surface area contributed by atoms with E-state index >= 15 is 0 Å². The zero-order valence-corrected chi connectivity index (χ0v) is 27.0. The van der Waals surface area contributed by atoms with Gasteiger partial charge in [0.05, 0.1) is 19.1 Å². The zero-order valence-electron chi connectivity index (χ0n) is 27.0. The summed E-state index contributed by atoms with van der Waals surface area (Å²) >= 11 is 0. The number of ether oxygens (including phenoxy) is 3. The van der Waals surface area contributed by atoms with Gasteiger partial charge in [0.2, 0.25) is 17.5 Å². The Labute approximate surface area is 270 Å². The number of carbonyl (C=O) groups is 4. The van der Waals surface area contributed by atoms with E-state index < -0.39 is 95.4 Å². The molecule has 260 valence electrons. The third-order valence-electron chi connectivity index (χ3n) is 6.39. The summed E-state index contributed by atoms with van der Waals surface area (Å²) in [5.74, 6) is -12.8. The van der Waals surface area contributed by atoms with Crippen LogP contribution >= 0.6 is 0 Å². The van der Waals surface area contributed by atoms with Crippen LogP contribution in [0.4, 0.5) is 23.2 Å². The zero-order chi connectivity index (χ0) is 35.5. The molecule has 0 fully saturated rings. The number of hydrogen-bond acceptors (Lipinski definition) is 8. The minimum Gasteiger partial charge on any atom is -0.494 e. The van der Waals surface area contributed by atoms with Crippen molar-refractivity contribution in [2.45, 2.75) is 84.6 Å². The van der Waals surface area contributed by atoms with E-state index in [1.807, 2.05) is 6.92 Å². The van der Waals surface area contributed by atoms with Gasteiger partial charge in [-0.05, 0) is 57.4 Å². The molecule has 0 heterocycles. The summed E-state index contributed by atoms with van der Waals surface area (Å²) in [4.78, 5) is 51.2. The number of anilines is 1. The fraction of sp³-hybridized carbons (Fsp3) is 0.500. The summed E-state index contributed by atoms with van der Waals surface area (Å²) in [6, 6.07) is 3.33. The average molecular weight is 672 g/mol. The molecule has 2 aromatic rings. The van der Waals surface area contributed by atoms with Crippen LogP contribution in [-0.4, -0.2) is 65.8 Å². The number of unbranched alkanes of at least 4 members (excludes halogenated alkanes) is 1. The highest BCUT2D eigenvalue weighted by atomic mass is 19.2.